The molecule has 0 spiro atoms. The highest BCUT2D eigenvalue weighted by Gasteiger charge is 2.04. The fraction of sp³-hybridized carbons (Fsp3) is 0.333. The maximum Gasteiger partial charge on any atom is 0.156 e. The Morgan fingerprint density at radius 1 is 1.43 bits per heavy atom. The van der Waals surface area contributed by atoms with E-state index in [2.05, 4.69) is 26.0 Å². The Hall–Kier alpha value is -0.940. The Morgan fingerprint density at radius 2 is 2.29 bits per heavy atom. The Bertz CT molecular complexity index is 441. The summed E-state index contributed by atoms with van der Waals surface area (Å²) in [6.07, 6.45) is 1.42. The highest BCUT2D eigenvalue weighted by Crippen LogP contribution is 2.11. The van der Waals surface area contributed by atoms with Gasteiger partial charge in [-0.3, -0.25) is 0 Å². The fourth-order valence-electron chi connectivity index (χ4n) is 1.26. The van der Waals surface area contributed by atoms with Crippen LogP contribution in [0.25, 0.3) is 5.65 Å². The van der Waals surface area contributed by atoms with Crippen LogP contribution in [0.3, 0.4) is 0 Å². The molecule has 0 aliphatic carbocycles. The summed E-state index contributed by atoms with van der Waals surface area (Å²) in [5.74, 6) is 0.769. The second kappa shape index (κ2) is 4.06. The van der Waals surface area contributed by atoms with E-state index in [1.807, 2.05) is 18.2 Å². The molecule has 0 radical (unpaired) electrons. The quantitative estimate of drug-likeness (QED) is 0.845. The first-order valence-corrected chi connectivity index (χ1v) is 5.21. The molecule has 0 saturated carbocycles. The molecule has 2 aromatic heterocycles. The molecule has 2 rings (SSSR count). The van der Waals surface area contributed by atoms with Gasteiger partial charge < -0.3 is 5.11 Å². The van der Waals surface area contributed by atoms with Gasteiger partial charge in [-0.05, 0) is 34.5 Å². The van der Waals surface area contributed by atoms with Gasteiger partial charge in [-0.25, -0.2) is 9.50 Å². The van der Waals surface area contributed by atoms with E-state index in [0.717, 1.165) is 16.1 Å². The van der Waals surface area contributed by atoms with Crippen LogP contribution in [0.1, 0.15) is 12.2 Å². The number of pyridine rings is 1. The van der Waals surface area contributed by atoms with Gasteiger partial charge in [0.2, 0.25) is 0 Å². The zero-order valence-electron chi connectivity index (χ0n) is 7.52. The second-order valence-corrected chi connectivity index (χ2v) is 3.79. The van der Waals surface area contributed by atoms with E-state index in [-0.39, 0.29) is 6.61 Å². The average Bonchev–Trinajstić information content (AvgIpc) is 2.59. The van der Waals surface area contributed by atoms with Crippen LogP contribution in [0.2, 0.25) is 0 Å². The first kappa shape index (κ1) is 9.61. The normalized spacial score (nSPS) is 11.0. The number of aliphatic hydroxyl groups excluding tert-OH is 1. The topological polar surface area (TPSA) is 50.4 Å². The van der Waals surface area contributed by atoms with Crippen molar-refractivity contribution >= 4 is 21.6 Å². The average molecular weight is 256 g/mol. The molecule has 0 atom stereocenters. The number of aryl methyl sites for hydroxylation is 1. The molecule has 14 heavy (non-hydrogen) atoms. The lowest BCUT2D eigenvalue weighted by molar-refractivity contribution is 0.287. The number of rotatable bonds is 3. The van der Waals surface area contributed by atoms with Crippen molar-refractivity contribution in [3.05, 3.63) is 28.6 Å². The predicted octanol–water partition coefficient (Wildman–Crippen LogP) is 1.42. The summed E-state index contributed by atoms with van der Waals surface area (Å²) in [5, 5.41) is 13.0. The Morgan fingerprint density at radius 3 is 3.00 bits per heavy atom. The summed E-state index contributed by atoms with van der Waals surface area (Å²) in [6.45, 7) is 0.177. The van der Waals surface area contributed by atoms with Gasteiger partial charge in [0.25, 0.3) is 0 Å². The van der Waals surface area contributed by atoms with Crippen LogP contribution in [-0.2, 0) is 6.42 Å². The van der Waals surface area contributed by atoms with Crippen LogP contribution in [0.5, 0.6) is 0 Å². The largest absolute Gasteiger partial charge is 0.396 e. The highest BCUT2D eigenvalue weighted by atomic mass is 79.9. The van der Waals surface area contributed by atoms with Crippen LogP contribution in [0, 0.1) is 0 Å². The van der Waals surface area contributed by atoms with Gasteiger partial charge in [0.15, 0.2) is 11.5 Å². The molecule has 0 aliphatic rings. The molecule has 0 saturated heterocycles. The highest BCUT2D eigenvalue weighted by molar-refractivity contribution is 9.10. The van der Waals surface area contributed by atoms with E-state index >= 15 is 0 Å². The van der Waals surface area contributed by atoms with E-state index < -0.39 is 0 Å². The van der Waals surface area contributed by atoms with Crippen molar-refractivity contribution in [3.8, 4) is 0 Å². The Kier molecular flexibility index (Phi) is 2.79. The number of nitrogens with zero attached hydrogens (tertiary/aromatic N) is 3. The molecule has 1 N–H and O–H groups in total. The molecule has 0 bridgehead atoms. The Balaban J connectivity index is 2.36. The first-order valence-electron chi connectivity index (χ1n) is 4.42. The number of halogens is 1. The molecule has 0 amide bonds. The maximum atomic E-state index is 8.69. The smallest absolute Gasteiger partial charge is 0.156 e. The van der Waals surface area contributed by atoms with Crippen LogP contribution in [0.15, 0.2) is 22.8 Å². The lowest BCUT2D eigenvalue weighted by Gasteiger charge is -1.92. The number of hydrogen-bond acceptors (Lipinski definition) is 3. The van der Waals surface area contributed by atoms with E-state index in [4.69, 9.17) is 5.11 Å². The number of aromatic nitrogens is 3. The lowest BCUT2D eigenvalue weighted by Crippen LogP contribution is -1.93. The van der Waals surface area contributed by atoms with E-state index in [1.165, 1.54) is 0 Å². The first-order chi connectivity index (χ1) is 6.81. The number of hydrogen-bond donors (Lipinski definition) is 1. The SMILES string of the molecule is OCCCc1nc2cccc(Br)n2n1. The molecule has 2 heterocycles. The van der Waals surface area contributed by atoms with Crippen molar-refractivity contribution < 1.29 is 5.11 Å². The summed E-state index contributed by atoms with van der Waals surface area (Å²) in [7, 11) is 0. The van der Waals surface area contributed by atoms with Gasteiger partial charge in [0, 0.05) is 13.0 Å². The molecule has 5 heteroatoms. The third kappa shape index (κ3) is 1.78. The van der Waals surface area contributed by atoms with Crippen molar-refractivity contribution in [2.45, 2.75) is 12.8 Å². The van der Waals surface area contributed by atoms with Crippen LogP contribution in [-0.4, -0.2) is 26.3 Å². The van der Waals surface area contributed by atoms with E-state index in [9.17, 15) is 0 Å². The third-order valence-electron chi connectivity index (χ3n) is 1.92. The van der Waals surface area contributed by atoms with Gasteiger partial charge in [0.1, 0.15) is 4.60 Å². The molecule has 0 aromatic carbocycles. The Labute approximate surface area is 89.7 Å². The fourth-order valence-corrected chi connectivity index (χ4v) is 1.67. The predicted molar refractivity (Wildman–Crippen MR) is 56.1 cm³/mol. The van der Waals surface area contributed by atoms with Crippen molar-refractivity contribution in [3.63, 3.8) is 0 Å². The second-order valence-electron chi connectivity index (χ2n) is 2.97. The zero-order chi connectivity index (χ0) is 9.97. The minimum Gasteiger partial charge on any atom is -0.396 e. The van der Waals surface area contributed by atoms with Gasteiger partial charge in [0.05, 0.1) is 0 Å². The monoisotopic (exact) mass is 255 g/mol. The van der Waals surface area contributed by atoms with Crippen LogP contribution >= 0.6 is 15.9 Å². The molecule has 74 valence electrons. The standard InChI is InChI=1S/C9H10BrN3O/c10-7-3-1-5-9-11-8(4-2-6-14)12-13(7)9/h1,3,5,14H,2,4,6H2. The summed E-state index contributed by atoms with van der Waals surface area (Å²) in [5.41, 5.74) is 0.826. The van der Waals surface area contributed by atoms with E-state index in [0.29, 0.717) is 12.8 Å². The minimum atomic E-state index is 0.177. The lowest BCUT2D eigenvalue weighted by atomic mass is 10.3. The van der Waals surface area contributed by atoms with Gasteiger partial charge in [-0.1, -0.05) is 6.07 Å². The molecule has 0 fully saturated rings. The van der Waals surface area contributed by atoms with Crippen molar-refractivity contribution in [2.75, 3.05) is 6.61 Å². The molecule has 2 aromatic rings. The molecule has 4 nitrogen and oxygen atoms in total. The van der Waals surface area contributed by atoms with Gasteiger partial charge >= 0.3 is 0 Å². The third-order valence-corrected chi connectivity index (χ3v) is 2.52. The zero-order valence-corrected chi connectivity index (χ0v) is 9.11. The number of fused-ring (bicyclic) bond motifs is 1. The molecule has 0 unspecified atom stereocenters. The molecular formula is C9H10BrN3O. The summed E-state index contributed by atoms with van der Waals surface area (Å²) in [6, 6.07) is 5.74. The minimum absolute atomic E-state index is 0.177. The number of aliphatic hydroxyl groups is 1. The molecular weight excluding hydrogens is 246 g/mol. The van der Waals surface area contributed by atoms with Crippen LogP contribution in [0.4, 0.5) is 0 Å². The summed E-state index contributed by atoms with van der Waals surface area (Å²) < 4.78 is 2.63. The molecule has 0 aliphatic heterocycles. The van der Waals surface area contributed by atoms with E-state index in [1.54, 1.807) is 4.52 Å². The van der Waals surface area contributed by atoms with Crippen LogP contribution < -0.4 is 0 Å². The maximum absolute atomic E-state index is 8.69. The van der Waals surface area contributed by atoms with Crippen molar-refractivity contribution in [1.29, 1.82) is 0 Å². The van der Waals surface area contributed by atoms with Crippen molar-refractivity contribution in [2.24, 2.45) is 0 Å². The summed E-state index contributed by atoms with van der Waals surface area (Å²) in [4.78, 5) is 4.32. The summed E-state index contributed by atoms with van der Waals surface area (Å²) >= 11 is 3.39. The van der Waals surface area contributed by atoms with Gasteiger partial charge in [-0.2, -0.15) is 5.10 Å². The van der Waals surface area contributed by atoms with Crippen molar-refractivity contribution in [1.82, 2.24) is 14.6 Å². The van der Waals surface area contributed by atoms with Gasteiger partial charge in [-0.15, -0.1) is 0 Å².